The highest BCUT2D eigenvalue weighted by Gasteiger charge is 2.27. The molecule has 0 aliphatic rings. The Kier molecular flexibility index (Phi) is 9.00. The summed E-state index contributed by atoms with van der Waals surface area (Å²) < 4.78 is 5.67. The van der Waals surface area contributed by atoms with Crippen molar-refractivity contribution in [3.8, 4) is 5.75 Å². The van der Waals surface area contributed by atoms with Crippen LogP contribution in [-0.4, -0.2) is 35.4 Å². The van der Waals surface area contributed by atoms with Crippen LogP contribution in [-0.2, 0) is 16.1 Å². The smallest absolute Gasteiger partial charge is 0.261 e. The summed E-state index contributed by atoms with van der Waals surface area (Å²) in [5.74, 6) is 0.0427. The highest BCUT2D eigenvalue weighted by atomic mass is 35.5. The van der Waals surface area contributed by atoms with Crippen molar-refractivity contribution in [2.75, 3.05) is 6.61 Å². The minimum atomic E-state index is -0.666. The van der Waals surface area contributed by atoms with Gasteiger partial charge in [0, 0.05) is 22.6 Å². The molecule has 1 N–H and O–H groups in total. The van der Waals surface area contributed by atoms with Gasteiger partial charge < -0.3 is 15.0 Å². The van der Waals surface area contributed by atoms with Gasteiger partial charge in [0.25, 0.3) is 5.91 Å². The molecule has 0 unspecified atom stereocenters. The second-order valence-electron chi connectivity index (χ2n) is 7.35. The number of amides is 2. The first-order chi connectivity index (χ1) is 14.2. The molecule has 0 aliphatic carbocycles. The quantitative estimate of drug-likeness (QED) is 0.583. The molecule has 0 saturated carbocycles. The van der Waals surface area contributed by atoms with Crippen LogP contribution in [0.3, 0.4) is 0 Å². The minimum absolute atomic E-state index is 0.0244. The fraction of sp³-hybridized carbons (Fsp3) is 0.391. The molecule has 2 atom stereocenters. The molecule has 0 aliphatic heterocycles. The SMILES string of the molecule is CC[C@H](C)NC(=O)[C@@H](C)N(Cc1cccc(Cl)c1)C(=O)COc1ccc(Cl)c(C)c1. The summed E-state index contributed by atoms with van der Waals surface area (Å²) in [5.41, 5.74) is 1.69. The van der Waals surface area contributed by atoms with Gasteiger partial charge >= 0.3 is 0 Å². The summed E-state index contributed by atoms with van der Waals surface area (Å²) in [7, 11) is 0. The number of carbonyl (C=O) groups is 2. The average molecular weight is 451 g/mol. The largest absolute Gasteiger partial charge is 0.484 e. The number of rotatable bonds is 9. The molecule has 162 valence electrons. The number of hydrogen-bond donors (Lipinski definition) is 1. The fourth-order valence-corrected chi connectivity index (χ4v) is 3.15. The molecule has 0 radical (unpaired) electrons. The molecule has 0 heterocycles. The maximum absolute atomic E-state index is 13.0. The first-order valence-electron chi connectivity index (χ1n) is 9.94. The Hall–Kier alpha value is -2.24. The Morgan fingerprint density at radius 2 is 1.87 bits per heavy atom. The van der Waals surface area contributed by atoms with Gasteiger partial charge in [0.15, 0.2) is 6.61 Å². The van der Waals surface area contributed by atoms with E-state index < -0.39 is 6.04 Å². The molecular weight excluding hydrogens is 423 g/mol. The molecule has 0 aromatic heterocycles. The molecular formula is C23H28Cl2N2O3. The Bertz CT molecular complexity index is 889. The van der Waals surface area contributed by atoms with E-state index in [4.69, 9.17) is 27.9 Å². The molecule has 2 amide bonds. The van der Waals surface area contributed by atoms with Crippen molar-refractivity contribution in [1.82, 2.24) is 10.2 Å². The molecule has 0 fully saturated rings. The lowest BCUT2D eigenvalue weighted by molar-refractivity contribution is -0.142. The molecule has 0 spiro atoms. The molecule has 2 rings (SSSR count). The van der Waals surface area contributed by atoms with Crippen molar-refractivity contribution < 1.29 is 14.3 Å². The lowest BCUT2D eigenvalue weighted by atomic mass is 10.1. The van der Waals surface area contributed by atoms with Crippen LogP contribution in [0.2, 0.25) is 10.0 Å². The first kappa shape index (κ1) is 24.0. The van der Waals surface area contributed by atoms with Gasteiger partial charge in [0.2, 0.25) is 5.91 Å². The van der Waals surface area contributed by atoms with Gasteiger partial charge in [0.05, 0.1) is 0 Å². The highest BCUT2D eigenvalue weighted by Crippen LogP contribution is 2.21. The first-order valence-corrected chi connectivity index (χ1v) is 10.7. The minimum Gasteiger partial charge on any atom is -0.484 e. The van der Waals surface area contributed by atoms with Gasteiger partial charge in [-0.3, -0.25) is 9.59 Å². The standard InChI is InChI=1S/C23H28Cl2N2O3/c1-5-16(3)26-23(29)17(4)27(13-18-7-6-8-19(24)12-18)22(28)14-30-20-9-10-21(25)15(2)11-20/h6-12,16-17H,5,13-14H2,1-4H3,(H,26,29)/t16-,17+/m0/s1. The van der Waals surface area contributed by atoms with E-state index in [9.17, 15) is 9.59 Å². The third-order valence-electron chi connectivity index (χ3n) is 4.90. The zero-order valence-electron chi connectivity index (χ0n) is 17.7. The van der Waals surface area contributed by atoms with E-state index in [-0.39, 0.29) is 31.0 Å². The monoisotopic (exact) mass is 450 g/mol. The lowest BCUT2D eigenvalue weighted by Crippen LogP contribution is -2.50. The van der Waals surface area contributed by atoms with Crippen molar-refractivity contribution in [2.24, 2.45) is 0 Å². The summed E-state index contributed by atoms with van der Waals surface area (Å²) in [6.45, 7) is 7.56. The Morgan fingerprint density at radius 3 is 2.50 bits per heavy atom. The number of nitrogens with one attached hydrogen (secondary N) is 1. The van der Waals surface area contributed by atoms with Crippen LogP contribution in [0.5, 0.6) is 5.75 Å². The fourth-order valence-electron chi connectivity index (χ4n) is 2.82. The molecule has 2 aromatic carbocycles. The van der Waals surface area contributed by atoms with Crippen LogP contribution >= 0.6 is 23.2 Å². The van der Waals surface area contributed by atoms with Gasteiger partial charge in [-0.05, 0) is 68.7 Å². The number of benzene rings is 2. The van der Waals surface area contributed by atoms with E-state index >= 15 is 0 Å². The van der Waals surface area contributed by atoms with Crippen molar-refractivity contribution in [3.05, 3.63) is 63.6 Å². The van der Waals surface area contributed by atoms with E-state index in [1.54, 1.807) is 37.3 Å². The highest BCUT2D eigenvalue weighted by molar-refractivity contribution is 6.31. The van der Waals surface area contributed by atoms with E-state index in [2.05, 4.69) is 5.32 Å². The summed E-state index contributed by atoms with van der Waals surface area (Å²) in [6, 6.07) is 11.8. The number of aryl methyl sites for hydroxylation is 1. The van der Waals surface area contributed by atoms with Crippen LogP contribution in [0.15, 0.2) is 42.5 Å². The van der Waals surface area contributed by atoms with Gasteiger partial charge in [-0.15, -0.1) is 0 Å². The number of ether oxygens (including phenoxy) is 1. The summed E-state index contributed by atoms with van der Waals surface area (Å²) in [6.07, 6.45) is 0.805. The second kappa shape index (κ2) is 11.2. The predicted molar refractivity (Wildman–Crippen MR) is 121 cm³/mol. The lowest BCUT2D eigenvalue weighted by Gasteiger charge is -2.29. The zero-order valence-corrected chi connectivity index (χ0v) is 19.3. The molecule has 2 aromatic rings. The van der Waals surface area contributed by atoms with Crippen molar-refractivity contribution >= 4 is 35.0 Å². The van der Waals surface area contributed by atoms with Gasteiger partial charge in [-0.2, -0.15) is 0 Å². The average Bonchev–Trinajstić information content (AvgIpc) is 2.72. The Morgan fingerprint density at radius 1 is 1.13 bits per heavy atom. The number of nitrogens with zero attached hydrogens (tertiary/aromatic N) is 1. The summed E-state index contributed by atoms with van der Waals surface area (Å²) in [5, 5.41) is 4.14. The van der Waals surface area contributed by atoms with Crippen LogP contribution in [0, 0.1) is 6.92 Å². The van der Waals surface area contributed by atoms with E-state index in [1.807, 2.05) is 32.9 Å². The third-order valence-corrected chi connectivity index (χ3v) is 5.56. The maximum atomic E-state index is 13.0. The summed E-state index contributed by atoms with van der Waals surface area (Å²) >= 11 is 12.1. The van der Waals surface area contributed by atoms with Crippen LogP contribution in [0.1, 0.15) is 38.3 Å². The molecule has 0 saturated heterocycles. The van der Waals surface area contributed by atoms with Crippen LogP contribution in [0.4, 0.5) is 0 Å². The molecule has 5 nitrogen and oxygen atoms in total. The summed E-state index contributed by atoms with van der Waals surface area (Å²) in [4.78, 5) is 27.2. The molecule has 7 heteroatoms. The molecule has 0 bridgehead atoms. The van der Waals surface area contributed by atoms with Gasteiger partial charge in [-0.25, -0.2) is 0 Å². The predicted octanol–water partition coefficient (Wildman–Crippen LogP) is 5.01. The Labute approximate surface area is 188 Å². The zero-order chi connectivity index (χ0) is 22.3. The third kappa shape index (κ3) is 6.92. The van der Waals surface area contributed by atoms with E-state index in [0.717, 1.165) is 17.5 Å². The van der Waals surface area contributed by atoms with Gasteiger partial charge in [-0.1, -0.05) is 42.3 Å². The van der Waals surface area contributed by atoms with Crippen molar-refractivity contribution in [2.45, 2.75) is 52.7 Å². The molecule has 30 heavy (non-hydrogen) atoms. The number of hydrogen-bond acceptors (Lipinski definition) is 3. The van der Waals surface area contributed by atoms with Crippen LogP contribution in [0.25, 0.3) is 0 Å². The second-order valence-corrected chi connectivity index (χ2v) is 8.19. The van der Waals surface area contributed by atoms with Crippen LogP contribution < -0.4 is 10.1 Å². The number of halogens is 2. The Balaban J connectivity index is 2.16. The normalized spacial score (nSPS) is 12.7. The maximum Gasteiger partial charge on any atom is 0.261 e. The van der Waals surface area contributed by atoms with Crippen molar-refractivity contribution in [3.63, 3.8) is 0 Å². The number of carbonyl (C=O) groups excluding carboxylic acids is 2. The van der Waals surface area contributed by atoms with E-state index in [1.165, 1.54) is 4.90 Å². The van der Waals surface area contributed by atoms with Gasteiger partial charge in [0.1, 0.15) is 11.8 Å². The topological polar surface area (TPSA) is 58.6 Å². The van der Waals surface area contributed by atoms with E-state index in [0.29, 0.717) is 15.8 Å². The van der Waals surface area contributed by atoms with Crippen molar-refractivity contribution in [1.29, 1.82) is 0 Å².